The zero-order valence-corrected chi connectivity index (χ0v) is 6.43. The molecular weight excluding hydrogens is 154 g/mol. The van der Waals surface area contributed by atoms with Gasteiger partial charge < -0.3 is 0 Å². The van der Waals surface area contributed by atoms with Gasteiger partial charge in [-0.15, -0.1) is 0 Å². The quantitative estimate of drug-likeness (QED) is 0.534. The molecule has 48 valence electrons. The summed E-state index contributed by atoms with van der Waals surface area (Å²) in [6.45, 7) is 0. The number of hydrogen-bond donors (Lipinski definition) is 0. The molecule has 0 amide bonds. The Bertz CT molecular complexity index is 154. The molecule has 0 bridgehead atoms. The van der Waals surface area contributed by atoms with Crippen LogP contribution in [0, 0.1) is 0 Å². The molecule has 1 rings (SSSR count). The van der Waals surface area contributed by atoms with Crippen molar-refractivity contribution in [3.63, 3.8) is 0 Å². The third kappa shape index (κ3) is 4.14. The maximum Gasteiger partial charge on any atom is 0.138 e. The smallest absolute Gasteiger partial charge is 0.138 e. The summed E-state index contributed by atoms with van der Waals surface area (Å²) in [6, 6.07) is 9.44. The van der Waals surface area contributed by atoms with Gasteiger partial charge in [0, 0.05) is 5.02 Å². The Hall–Kier alpha value is -0.390. The fraction of sp³-hybridized carbons (Fsp3) is 0. The third-order valence-electron chi connectivity index (χ3n) is 0.733. The molecule has 3 heteroatoms. The van der Waals surface area contributed by atoms with Gasteiger partial charge in [0.1, 0.15) is 9.12 Å². The highest BCUT2D eigenvalue weighted by Crippen LogP contribution is 2.03. The molecule has 0 aliphatic heterocycles. The Labute approximate surface area is 61.3 Å². The van der Waals surface area contributed by atoms with E-state index in [-0.39, 0.29) is 0 Å². The van der Waals surface area contributed by atoms with Crippen LogP contribution >= 0.6 is 20.7 Å². The number of benzene rings is 1. The Morgan fingerprint density at radius 2 is 1.56 bits per heavy atom. The summed E-state index contributed by atoms with van der Waals surface area (Å²) >= 11 is 5.54. The van der Waals surface area contributed by atoms with Crippen molar-refractivity contribution in [2.24, 2.45) is 0 Å². The predicted molar refractivity (Wildman–Crippen MR) is 40.5 cm³/mol. The van der Waals surface area contributed by atoms with E-state index in [0.717, 1.165) is 5.02 Å². The first kappa shape index (κ1) is 8.61. The molecule has 0 aliphatic carbocycles. The third-order valence-corrected chi connectivity index (χ3v) is 0.985. The van der Waals surface area contributed by atoms with Gasteiger partial charge in [-0.05, 0) is 12.1 Å². The molecule has 0 saturated heterocycles. The Morgan fingerprint density at radius 3 is 1.78 bits per heavy atom. The molecule has 1 aromatic carbocycles. The Balaban J connectivity index is 0.000000291. The average Bonchev–Trinajstić information content (AvgIpc) is 1.94. The van der Waals surface area contributed by atoms with Gasteiger partial charge in [0.2, 0.25) is 0 Å². The van der Waals surface area contributed by atoms with Crippen molar-refractivity contribution in [1.82, 2.24) is 0 Å². The molecular formula is C6H6ClOP. The maximum absolute atomic E-state index is 8.06. The zero-order valence-electron chi connectivity index (χ0n) is 4.67. The molecule has 1 aromatic rings. The van der Waals surface area contributed by atoms with Gasteiger partial charge in [0.25, 0.3) is 0 Å². The summed E-state index contributed by atoms with van der Waals surface area (Å²) in [4.78, 5) is 0. The monoisotopic (exact) mass is 160 g/mol. The van der Waals surface area contributed by atoms with Gasteiger partial charge in [-0.2, -0.15) is 0 Å². The lowest BCUT2D eigenvalue weighted by atomic mass is 10.4. The van der Waals surface area contributed by atoms with Gasteiger partial charge in [-0.25, -0.2) is 0 Å². The Kier molecular flexibility index (Phi) is 5.49. The summed E-state index contributed by atoms with van der Waals surface area (Å²) in [5.74, 6) is 0. The van der Waals surface area contributed by atoms with E-state index >= 15 is 0 Å². The van der Waals surface area contributed by atoms with E-state index in [1.807, 2.05) is 30.3 Å². The van der Waals surface area contributed by atoms with Gasteiger partial charge in [-0.3, -0.25) is 4.57 Å². The van der Waals surface area contributed by atoms with Crippen molar-refractivity contribution in [1.29, 1.82) is 0 Å². The molecule has 0 unspecified atom stereocenters. The fourth-order valence-corrected chi connectivity index (χ4v) is 0.560. The Morgan fingerprint density at radius 1 is 1.11 bits per heavy atom. The molecule has 9 heavy (non-hydrogen) atoms. The van der Waals surface area contributed by atoms with Crippen molar-refractivity contribution >= 4 is 20.7 Å². The van der Waals surface area contributed by atoms with Crippen molar-refractivity contribution < 1.29 is 4.57 Å². The molecule has 0 N–H and O–H groups in total. The minimum atomic E-state index is 0.794. The molecule has 0 saturated carbocycles. The molecule has 0 radical (unpaired) electrons. The standard InChI is InChI=1S/C6H5Cl.HOP/c7-6-4-2-1-3-5-6;1-2/h1-5H;2H. The molecule has 0 aromatic heterocycles. The average molecular weight is 161 g/mol. The highest BCUT2D eigenvalue weighted by Gasteiger charge is 1.74. The molecule has 0 fully saturated rings. The first-order valence-corrected chi connectivity index (χ1v) is 3.09. The van der Waals surface area contributed by atoms with Crippen LogP contribution in [0.2, 0.25) is 5.02 Å². The summed E-state index contributed by atoms with van der Waals surface area (Å²) in [7, 11) is 1.72. The van der Waals surface area contributed by atoms with Crippen LogP contribution in [-0.2, 0) is 4.57 Å². The van der Waals surface area contributed by atoms with Crippen LogP contribution in [0.15, 0.2) is 30.3 Å². The predicted octanol–water partition coefficient (Wildman–Crippen LogP) is 2.81. The number of hydrogen-bond acceptors (Lipinski definition) is 1. The molecule has 0 aliphatic rings. The second-order valence-corrected chi connectivity index (χ2v) is 1.73. The van der Waals surface area contributed by atoms with E-state index < -0.39 is 0 Å². The van der Waals surface area contributed by atoms with E-state index in [4.69, 9.17) is 16.2 Å². The van der Waals surface area contributed by atoms with Crippen molar-refractivity contribution in [2.45, 2.75) is 0 Å². The second kappa shape index (κ2) is 5.74. The second-order valence-electron chi connectivity index (χ2n) is 1.30. The van der Waals surface area contributed by atoms with Crippen molar-refractivity contribution in [3.05, 3.63) is 35.4 Å². The summed E-state index contributed by atoms with van der Waals surface area (Å²) < 4.78 is 8.06. The lowest BCUT2D eigenvalue weighted by molar-refractivity contribution is 0.607. The summed E-state index contributed by atoms with van der Waals surface area (Å²) in [5, 5.41) is 0.794. The lowest BCUT2D eigenvalue weighted by Crippen LogP contribution is -1.55. The van der Waals surface area contributed by atoms with Crippen molar-refractivity contribution in [3.8, 4) is 0 Å². The maximum atomic E-state index is 8.06. The van der Waals surface area contributed by atoms with Crippen LogP contribution in [0.25, 0.3) is 0 Å². The largest absolute Gasteiger partial charge is 0.279 e. The van der Waals surface area contributed by atoms with Crippen LogP contribution < -0.4 is 0 Å². The first-order chi connectivity index (χ1) is 4.39. The minimum absolute atomic E-state index is 0.794. The molecule has 0 spiro atoms. The summed E-state index contributed by atoms with van der Waals surface area (Å²) in [5.41, 5.74) is 0. The van der Waals surface area contributed by atoms with Gasteiger partial charge >= 0.3 is 0 Å². The first-order valence-electron chi connectivity index (χ1n) is 2.30. The zero-order chi connectivity index (χ0) is 7.11. The molecule has 0 heterocycles. The highest BCUT2D eigenvalue weighted by atomic mass is 35.5. The topological polar surface area (TPSA) is 17.1 Å². The SMILES string of the molecule is Clc1ccccc1.O=P. The van der Waals surface area contributed by atoms with Crippen LogP contribution in [0.3, 0.4) is 0 Å². The van der Waals surface area contributed by atoms with E-state index in [9.17, 15) is 0 Å². The van der Waals surface area contributed by atoms with Crippen LogP contribution in [0.1, 0.15) is 0 Å². The van der Waals surface area contributed by atoms with Gasteiger partial charge in [0.05, 0.1) is 0 Å². The molecule has 0 atom stereocenters. The van der Waals surface area contributed by atoms with E-state index in [0.29, 0.717) is 0 Å². The molecule has 1 nitrogen and oxygen atoms in total. The number of halogens is 1. The lowest BCUT2D eigenvalue weighted by Gasteiger charge is -1.80. The minimum Gasteiger partial charge on any atom is -0.279 e. The van der Waals surface area contributed by atoms with Crippen molar-refractivity contribution in [2.75, 3.05) is 0 Å². The summed E-state index contributed by atoms with van der Waals surface area (Å²) in [6.07, 6.45) is 0. The van der Waals surface area contributed by atoms with Crippen LogP contribution in [-0.4, -0.2) is 0 Å². The fourth-order valence-electron chi connectivity index (χ4n) is 0.415. The normalized spacial score (nSPS) is 7.22. The van der Waals surface area contributed by atoms with Gasteiger partial charge in [-0.1, -0.05) is 29.8 Å². The van der Waals surface area contributed by atoms with E-state index in [1.165, 1.54) is 0 Å². The van der Waals surface area contributed by atoms with Gasteiger partial charge in [0.15, 0.2) is 0 Å². The number of rotatable bonds is 0. The van der Waals surface area contributed by atoms with Crippen LogP contribution in [0.5, 0.6) is 0 Å². The van der Waals surface area contributed by atoms with Crippen LogP contribution in [0.4, 0.5) is 0 Å². The van der Waals surface area contributed by atoms with E-state index in [2.05, 4.69) is 0 Å². The van der Waals surface area contributed by atoms with E-state index in [1.54, 1.807) is 9.12 Å². The highest BCUT2D eigenvalue weighted by molar-refractivity contribution is 7.00.